The first kappa shape index (κ1) is 15.9. The van der Waals surface area contributed by atoms with E-state index in [1.807, 2.05) is 18.2 Å². The lowest BCUT2D eigenvalue weighted by atomic mass is 9.97. The molecule has 0 bridgehead atoms. The summed E-state index contributed by atoms with van der Waals surface area (Å²) in [4.78, 5) is 11.5. The van der Waals surface area contributed by atoms with Gasteiger partial charge in [-0.05, 0) is 29.5 Å². The molecule has 21 heavy (non-hydrogen) atoms. The Morgan fingerprint density at radius 1 is 1.48 bits per heavy atom. The molecular formula is C16H24N2O3. The van der Waals surface area contributed by atoms with E-state index in [0.29, 0.717) is 19.6 Å². The highest BCUT2D eigenvalue weighted by atomic mass is 16.5. The van der Waals surface area contributed by atoms with Crippen LogP contribution in [0.4, 0.5) is 0 Å². The maximum Gasteiger partial charge on any atom is 0.227 e. The highest BCUT2D eigenvalue weighted by Gasteiger charge is 2.35. The molecule has 2 atom stereocenters. The number of carbonyl (C=O) groups is 1. The predicted octanol–water partition coefficient (Wildman–Crippen LogP) is 0.689. The number of nitrogens with two attached hydrogens (primary N) is 1. The van der Waals surface area contributed by atoms with Crippen LogP contribution in [0.25, 0.3) is 0 Å². The van der Waals surface area contributed by atoms with Gasteiger partial charge in [0.25, 0.3) is 0 Å². The number of hydrogen-bond acceptors (Lipinski definition) is 4. The van der Waals surface area contributed by atoms with Gasteiger partial charge in [-0.15, -0.1) is 0 Å². The van der Waals surface area contributed by atoms with Crippen molar-refractivity contribution in [2.45, 2.75) is 38.3 Å². The molecule has 0 spiro atoms. The van der Waals surface area contributed by atoms with Crippen molar-refractivity contribution < 1.29 is 14.6 Å². The van der Waals surface area contributed by atoms with E-state index in [4.69, 9.17) is 10.5 Å². The van der Waals surface area contributed by atoms with Gasteiger partial charge in [0, 0.05) is 19.7 Å². The van der Waals surface area contributed by atoms with E-state index in [1.54, 1.807) is 0 Å². The van der Waals surface area contributed by atoms with Gasteiger partial charge in [0.2, 0.25) is 5.91 Å². The molecule has 0 fully saturated rings. The molecule has 0 saturated heterocycles. The van der Waals surface area contributed by atoms with E-state index in [9.17, 15) is 9.90 Å². The SMILES string of the molecule is CCCOCCNCc1ccc2c(c1)[C@@H](C(N)=O)[C@H](O)C2. The number of ether oxygens (including phenoxy) is 1. The lowest BCUT2D eigenvalue weighted by molar-refractivity contribution is -0.121. The summed E-state index contributed by atoms with van der Waals surface area (Å²) in [5, 5.41) is 13.2. The molecule has 5 nitrogen and oxygen atoms in total. The lowest BCUT2D eigenvalue weighted by Crippen LogP contribution is -2.28. The zero-order chi connectivity index (χ0) is 15.2. The summed E-state index contributed by atoms with van der Waals surface area (Å²) in [6, 6.07) is 5.97. The minimum atomic E-state index is -0.692. The van der Waals surface area contributed by atoms with Crippen LogP contribution in [0, 0.1) is 0 Å². The number of rotatable bonds is 8. The van der Waals surface area contributed by atoms with Crippen molar-refractivity contribution in [2.24, 2.45) is 5.73 Å². The number of primary amides is 1. The van der Waals surface area contributed by atoms with Gasteiger partial charge in [0.15, 0.2) is 0 Å². The van der Waals surface area contributed by atoms with Gasteiger partial charge in [0.05, 0.1) is 18.6 Å². The molecule has 0 unspecified atom stereocenters. The summed E-state index contributed by atoms with van der Waals surface area (Å²) in [7, 11) is 0. The summed E-state index contributed by atoms with van der Waals surface area (Å²) < 4.78 is 5.40. The Labute approximate surface area is 125 Å². The van der Waals surface area contributed by atoms with Crippen LogP contribution in [-0.2, 0) is 22.5 Å². The molecule has 2 rings (SSSR count). The first-order chi connectivity index (χ1) is 10.1. The number of aliphatic hydroxyl groups excluding tert-OH is 1. The molecule has 4 N–H and O–H groups in total. The average Bonchev–Trinajstić information content (AvgIpc) is 2.78. The van der Waals surface area contributed by atoms with E-state index in [-0.39, 0.29) is 0 Å². The number of hydrogen-bond donors (Lipinski definition) is 3. The van der Waals surface area contributed by atoms with Gasteiger partial charge >= 0.3 is 0 Å². The maximum atomic E-state index is 11.5. The molecule has 1 aliphatic carbocycles. The second-order valence-corrected chi connectivity index (χ2v) is 5.47. The van der Waals surface area contributed by atoms with Crippen LogP contribution in [-0.4, -0.2) is 36.9 Å². The van der Waals surface area contributed by atoms with Gasteiger partial charge in [-0.25, -0.2) is 0 Å². The zero-order valence-corrected chi connectivity index (χ0v) is 12.5. The minimum Gasteiger partial charge on any atom is -0.392 e. The van der Waals surface area contributed by atoms with Crippen LogP contribution in [0.5, 0.6) is 0 Å². The molecule has 0 aromatic heterocycles. The smallest absolute Gasteiger partial charge is 0.227 e. The molecule has 0 heterocycles. The molecule has 0 aliphatic heterocycles. The predicted molar refractivity (Wildman–Crippen MR) is 80.9 cm³/mol. The van der Waals surface area contributed by atoms with Gasteiger partial charge in [-0.1, -0.05) is 25.1 Å². The molecule has 1 aliphatic rings. The second-order valence-electron chi connectivity index (χ2n) is 5.47. The number of carbonyl (C=O) groups excluding carboxylic acids is 1. The first-order valence-corrected chi connectivity index (χ1v) is 7.51. The van der Waals surface area contributed by atoms with Gasteiger partial charge in [-0.2, -0.15) is 0 Å². The second kappa shape index (κ2) is 7.54. The molecular weight excluding hydrogens is 268 g/mol. The monoisotopic (exact) mass is 292 g/mol. The van der Waals surface area contributed by atoms with Crippen LogP contribution >= 0.6 is 0 Å². The Morgan fingerprint density at radius 3 is 3.00 bits per heavy atom. The van der Waals surface area contributed by atoms with Crippen LogP contribution in [0.2, 0.25) is 0 Å². The Hall–Kier alpha value is -1.43. The standard InChI is InChI=1S/C16H24N2O3/c1-2-6-21-7-5-18-10-11-3-4-12-9-14(19)15(16(17)20)13(12)8-11/h3-4,8,14-15,18-19H,2,5-7,9-10H2,1H3,(H2,17,20)/t14-,15-/m1/s1. The first-order valence-electron chi connectivity index (χ1n) is 7.51. The Bertz CT molecular complexity index is 490. The van der Waals surface area contributed by atoms with E-state index in [0.717, 1.165) is 36.3 Å². The lowest BCUT2D eigenvalue weighted by Gasteiger charge is -2.12. The largest absolute Gasteiger partial charge is 0.392 e. The third kappa shape index (κ3) is 4.03. The zero-order valence-electron chi connectivity index (χ0n) is 12.5. The fraction of sp³-hybridized carbons (Fsp3) is 0.562. The molecule has 1 aromatic carbocycles. The molecule has 1 amide bonds. The van der Waals surface area contributed by atoms with Crippen LogP contribution in [0.3, 0.4) is 0 Å². The van der Waals surface area contributed by atoms with E-state index in [2.05, 4.69) is 12.2 Å². The fourth-order valence-corrected chi connectivity index (χ4v) is 2.75. The minimum absolute atomic E-state index is 0.459. The van der Waals surface area contributed by atoms with E-state index in [1.165, 1.54) is 0 Å². The summed E-state index contributed by atoms with van der Waals surface area (Å²) >= 11 is 0. The molecule has 116 valence electrons. The van der Waals surface area contributed by atoms with Crippen molar-refractivity contribution in [3.8, 4) is 0 Å². The van der Waals surface area contributed by atoms with Crippen molar-refractivity contribution in [3.63, 3.8) is 0 Å². The normalized spacial score (nSPS) is 20.5. The van der Waals surface area contributed by atoms with Crippen molar-refractivity contribution in [1.29, 1.82) is 0 Å². The topological polar surface area (TPSA) is 84.6 Å². The summed E-state index contributed by atoms with van der Waals surface area (Å²) in [5.74, 6) is -1.04. The average molecular weight is 292 g/mol. The van der Waals surface area contributed by atoms with E-state index >= 15 is 0 Å². The van der Waals surface area contributed by atoms with Crippen molar-refractivity contribution >= 4 is 5.91 Å². The molecule has 0 radical (unpaired) electrons. The highest BCUT2D eigenvalue weighted by Crippen LogP contribution is 2.33. The molecule has 0 saturated carbocycles. The Morgan fingerprint density at radius 2 is 2.29 bits per heavy atom. The van der Waals surface area contributed by atoms with Crippen molar-refractivity contribution in [2.75, 3.05) is 19.8 Å². The van der Waals surface area contributed by atoms with Crippen LogP contribution < -0.4 is 11.1 Å². The number of amides is 1. The van der Waals surface area contributed by atoms with Crippen LogP contribution in [0.15, 0.2) is 18.2 Å². The van der Waals surface area contributed by atoms with Gasteiger partial charge < -0.3 is 20.9 Å². The quantitative estimate of drug-likeness (QED) is 0.615. The third-order valence-corrected chi connectivity index (χ3v) is 3.77. The number of fused-ring (bicyclic) bond motifs is 1. The van der Waals surface area contributed by atoms with Gasteiger partial charge in [-0.3, -0.25) is 4.79 Å². The van der Waals surface area contributed by atoms with E-state index < -0.39 is 17.9 Å². The van der Waals surface area contributed by atoms with Gasteiger partial charge in [0.1, 0.15) is 0 Å². The van der Waals surface area contributed by atoms with Crippen LogP contribution in [0.1, 0.15) is 36.0 Å². The Balaban J connectivity index is 1.91. The number of benzene rings is 1. The number of aliphatic hydroxyl groups is 1. The van der Waals surface area contributed by atoms with Crippen molar-refractivity contribution in [1.82, 2.24) is 5.32 Å². The maximum absolute atomic E-state index is 11.5. The van der Waals surface area contributed by atoms with Crippen molar-refractivity contribution in [3.05, 3.63) is 34.9 Å². The summed E-state index contributed by atoms with van der Waals surface area (Å²) in [5.41, 5.74) is 8.36. The number of nitrogens with one attached hydrogen (secondary N) is 1. The highest BCUT2D eigenvalue weighted by molar-refractivity contribution is 5.84. The molecule has 5 heteroatoms. The third-order valence-electron chi connectivity index (χ3n) is 3.77. The molecule has 1 aromatic rings. The fourth-order valence-electron chi connectivity index (χ4n) is 2.75. The summed E-state index contributed by atoms with van der Waals surface area (Å²) in [6.07, 6.45) is 0.839. The summed E-state index contributed by atoms with van der Waals surface area (Å²) in [6.45, 7) is 5.07. The Kier molecular flexibility index (Phi) is 5.73.